The predicted molar refractivity (Wildman–Crippen MR) is 87.1 cm³/mol. The van der Waals surface area contributed by atoms with E-state index in [0.717, 1.165) is 10.0 Å². The highest BCUT2D eigenvalue weighted by Crippen LogP contribution is 2.13. The Balaban J connectivity index is 1.63. The SMILES string of the molecule is O=C(CCCOc1cccc(F)c1)NCc1cccc(Br)c1. The van der Waals surface area contributed by atoms with E-state index >= 15 is 0 Å². The van der Waals surface area contributed by atoms with Gasteiger partial charge in [0.05, 0.1) is 6.61 Å². The number of halogens is 2. The summed E-state index contributed by atoms with van der Waals surface area (Å²) in [6.07, 6.45) is 0.962. The molecular weight excluding hydrogens is 349 g/mol. The highest BCUT2D eigenvalue weighted by atomic mass is 79.9. The first-order valence-electron chi connectivity index (χ1n) is 7.03. The first-order chi connectivity index (χ1) is 10.6. The van der Waals surface area contributed by atoms with Crippen LogP contribution in [0, 0.1) is 5.82 Å². The van der Waals surface area contributed by atoms with Crippen LogP contribution in [0.1, 0.15) is 18.4 Å². The smallest absolute Gasteiger partial charge is 0.220 e. The number of carbonyl (C=O) groups excluding carboxylic acids is 1. The van der Waals surface area contributed by atoms with Gasteiger partial charge in [-0.1, -0.05) is 34.1 Å². The maximum atomic E-state index is 12.9. The van der Waals surface area contributed by atoms with Gasteiger partial charge >= 0.3 is 0 Å². The van der Waals surface area contributed by atoms with E-state index in [2.05, 4.69) is 21.2 Å². The second-order valence-electron chi connectivity index (χ2n) is 4.82. The van der Waals surface area contributed by atoms with Crippen molar-refractivity contribution in [3.8, 4) is 5.75 Å². The van der Waals surface area contributed by atoms with Crippen LogP contribution in [0.5, 0.6) is 5.75 Å². The van der Waals surface area contributed by atoms with E-state index in [1.807, 2.05) is 24.3 Å². The highest BCUT2D eigenvalue weighted by Gasteiger charge is 2.02. The van der Waals surface area contributed by atoms with Crippen molar-refractivity contribution in [2.75, 3.05) is 6.61 Å². The van der Waals surface area contributed by atoms with Gasteiger partial charge in [0.1, 0.15) is 11.6 Å². The Labute approximate surface area is 137 Å². The molecule has 1 N–H and O–H groups in total. The summed E-state index contributed by atoms with van der Waals surface area (Å²) in [5, 5.41) is 2.86. The topological polar surface area (TPSA) is 38.3 Å². The minimum absolute atomic E-state index is 0.0252. The fraction of sp³-hybridized carbons (Fsp3) is 0.235. The first kappa shape index (κ1) is 16.5. The summed E-state index contributed by atoms with van der Waals surface area (Å²) in [5.74, 6) is 0.127. The molecule has 5 heteroatoms. The van der Waals surface area contributed by atoms with Gasteiger partial charge in [0.15, 0.2) is 0 Å². The molecule has 0 aliphatic rings. The number of ether oxygens (including phenoxy) is 1. The van der Waals surface area contributed by atoms with Crippen LogP contribution in [0.3, 0.4) is 0 Å². The zero-order valence-corrected chi connectivity index (χ0v) is 13.6. The Morgan fingerprint density at radius 2 is 2.00 bits per heavy atom. The van der Waals surface area contributed by atoms with Crippen LogP contribution in [-0.2, 0) is 11.3 Å². The van der Waals surface area contributed by atoms with E-state index in [9.17, 15) is 9.18 Å². The van der Waals surface area contributed by atoms with Crippen LogP contribution >= 0.6 is 15.9 Å². The Bertz CT molecular complexity index is 634. The lowest BCUT2D eigenvalue weighted by atomic mass is 10.2. The van der Waals surface area contributed by atoms with Crippen molar-refractivity contribution in [2.24, 2.45) is 0 Å². The average Bonchev–Trinajstić information content (AvgIpc) is 2.50. The van der Waals surface area contributed by atoms with Gasteiger partial charge in [-0.25, -0.2) is 4.39 Å². The molecule has 0 radical (unpaired) electrons. The van der Waals surface area contributed by atoms with E-state index in [0.29, 0.717) is 31.7 Å². The Morgan fingerprint density at radius 1 is 1.18 bits per heavy atom. The maximum absolute atomic E-state index is 12.9. The maximum Gasteiger partial charge on any atom is 0.220 e. The lowest BCUT2D eigenvalue weighted by Gasteiger charge is -2.07. The fourth-order valence-corrected chi connectivity index (χ4v) is 2.36. The molecule has 0 spiro atoms. The monoisotopic (exact) mass is 365 g/mol. The summed E-state index contributed by atoms with van der Waals surface area (Å²) >= 11 is 3.39. The molecule has 0 aliphatic heterocycles. The standard InChI is InChI=1S/C17H17BrFNO2/c18-14-5-1-4-13(10-14)12-20-17(21)8-3-9-22-16-7-2-6-15(19)11-16/h1-2,4-7,10-11H,3,8-9,12H2,(H,20,21). The molecule has 2 aromatic rings. The summed E-state index contributed by atoms with van der Waals surface area (Å²) in [4.78, 5) is 11.7. The van der Waals surface area contributed by atoms with Crippen molar-refractivity contribution in [1.82, 2.24) is 5.32 Å². The van der Waals surface area contributed by atoms with Crippen LogP contribution in [0.15, 0.2) is 53.0 Å². The molecule has 1 amide bonds. The van der Waals surface area contributed by atoms with Gasteiger partial charge in [0.2, 0.25) is 5.91 Å². The Morgan fingerprint density at radius 3 is 2.77 bits per heavy atom. The van der Waals surface area contributed by atoms with Gasteiger partial charge in [-0.2, -0.15) is 0 Å². The van der Waals surface area contributed by atoms with Crippen molar-refractivity contribution < 1.29 is 13.9 Å². The fourth-order valence-electron chi connectivity index (χ4n) is 1.92. The summed E-state index contributed by atoms with van der Waals surface area (Å²) in [6.45, 7) is 0.886. The quantitative estimate of drug-likeness (QED) is 0.751. The summed E-state index contributed by atoms with van der Waals surface area (Å²) in [6, 6.07) is 13.8. The zero-order valence-electron chi connectivity index (χ0n) is 12.0. The molecule has 0 atom stereocenters. The lowest BCUT2D eigenvalue weighted by molar-refractivity contribution is -0.121. The molecule has 116 valence electrons. The van der Waals surface area contributed by atoms with Crippen molar-refractivity contribution in [1.29, 1.82) is 0 Å². The number of rotatable bonds is 7. The van der Waals surface area contributed by atoms with Crippen molar-refractivity contribution in [3.05, 3.63) is 64.4 Å². The normalized spacial score (nSPS) is 10.3. The van der Waals surface area contributed by atoms with Crippen molar-refractivity contribution >= 4 is 21.8 Å². The van der Waals surface area contributed by atoms with Crippen LogP contribution in [-0.4, -0.2) is 12.5 Å². The molecule has 22 heavy (non-hydrogen) atoms. The minimum atomic E-state index is -0.329. The molecule has 0 saturated carbocycles. The molecule has 0 saturated heterocycles. The molecule has 0 unspecified atom stereocenters. The third-order valence-electron chi connectivity index (χ3n) is 2.99. The van der Waals surface area contributed by atoms with E-state index in [1.54, 1.807) is 12.1 Å². The molecule has 0 aliphatic carbocycles. The molecule has 3 nitrogen and oxygen atoms in total. The summed E-state index contributed by atoms with van der Waals surface area (Å²) in [7, 11) is 0. The molecule has 2 aromatic carbocycles. The van der Waals surface area contributed by atoms with Crippen LogP contribution in [0.25, 0.3) is 0 Å². The van der Waals surface area contributed by atoms with Gasteiger partial charge in [0, 0.05) is 23.5 Å². The molecule has 0 aromatic heterocycles. The average molecular weight is 366 g/mol. The van der Waals surface area contributed by atoms with Crippen molar-refractivity contribution in [2.45, 2.75) is 19.4 Å². The van der Waals surface area contributed by atoms with Gasteiger partial charge in [-0.15, -0.1) is 0 Å². The van der Waals surface area contributed by atoms with Gasteiger partial charge < -0.3 is 10.1 Å². The molecule has 2 rings (SSSR count). The number of hydrogen-bond acceptors (Lipinski definition) is 2. The van der Waals surface area contributed by atoms with E-state index in [-0.39, 0.29) is 11.7 Å². The number of benzene rings is 2. The molecule has 0 fully saturated rings. The van der Waals surface area contributed by atoms with E-state index in [4.69, 9.17) is 4.74 Å². The van der Waals surface area contributed by atoms with Gasteiger partial charge in [-0.05, 0) is 36.2 Å². The third kappa shape index (κ3) is 5.85. The molecular formula is C17H17BrFNO2. The third-order valence-corrected chi connectivity index (χ3v) is 3.48. The zero-order chi connectivity index (χ0) is 15.8. The number of amides is 1. The number of nitrogens with one attached hydrogen (secondary N) is 1. The van der Waals surface area contributed by atoms with Crippen molar-refractivity contribution in [3.63, 3.8) is 0 Å². The molecule has 0 heterocycles. The second kappa shape index (κ2) is 8.54. The van der Waals surface area contributed by atoms with Crippen LogP contribution in [0.2, 0.25) is 0 Å². The minimum Gasteiger partial charge on any atom is -0.493 e. The Kier molecular flexibility index (Phi) is 6.40. The summed E-state index contributed by atoms with van der Waals surface area (Å²) in [5.41, 5.74) is 1.04. The van der Waals surface area contributed by atoms with Crippen LogP contribution in [0.4, 0.5) is 4.39 Å². The number of hydrogen-bond donors (Lipinski definition) is 1. The first-order valence-corrected chi connectivity index (χ1v) is 7.82. The number of carbonyl (C=O) groups is 1. The van der Waals surface area contributed by atoms with E-state index < -0.39 is 0 Å². The van der Waals surface area contributed by atoms with Gasteiger partial charge in [0.25, 0.3) is 0 Å². The van der Waals surface area contributed by atoms with E-state index in [1.165, 1.54) is 12.1 Å². The highest BCUT2D eigenvalue weighted by molar-refractivity contribution is 9.10. The lowest BCUT2D eigenvalue weighted by Crippen LogP contribution is -2.22. The van der Waals surface area contributed by atoms with Crippen LogP contribution < -0.4 is 10.1 Å². The summed E-state index contributed by atoms with van der Waals surface area (Å²) < 4.78 is 19.3. The molecule has 0 bridgehead atoms. The predicted octanol–water partition coefficient (Wildman–Crippen LogP) is 4.06. The van der Waals surface area contributed by atoms with Gasteiger partial charge in [-0.3, -0.25) is 4.79 Å². The largest absolute Gasteiger partial charge is 0.493 e. The second-order valence-corrected chi connectivity index (χ2v) is 5.73. The Hall–Kier alpha value is -1.88.